The molecule has 1 aliphatic carbocycles. The van der Waals surface area contributed by atoms with Crippen LogP contribution in [0.4, 0.5) is 4.79 Å². The second-order valence-corrected chi connectivity index (χ2v) is 8.91. The first kappa shape index (κ1) is 20.2. The van der Waals surface area contributed by atoms with Gasteiger partial charge in [0.25, 0.3) is 0 Å². The fourth-order valence-corrected chi connectivity index (χ4v) is 3.68. The molecule has 9 nitrogen and oxygen atoms in total. The first-order valence-electron chi connectivity index (χ1n) is 10.2. The second-order valence-electron chi connectivity index (χ2n) is 8.91. The number of H-pyrrole nitrogens is 2. The summed E-state index contributed by atoms with van der Waals surface area (Å²) in [6.07, 6.45) is 5.19. The summed E-state index contributed by atoms with van der Waals surface area (Å²) in [5, 5.41) is 6.37. The van der Waals surface area contributed by atoms with Crippen LogP contribution in [0.1, 0.15) is 45.2 Å². The number of carbonyl (C=O) groups excluding carboxylic acids is 1. The van der Waals surface area contributed by atoms with E-state index >= 15 is 0 Å². The van der Waals surface area contributed by atoms with E-state index in [-0.39, 0.29) is 17.9 Å². The smallest absolute Gasteiger partial charge is 0.410 e. The van der Waals surface area contributed by atoms with Gasteiger partial charge in [-0.05, 0) is 44.7 Å². The van der Waals surface area contributed by atoms with Crippen molar-refractivity contribution in [3.63, 3.8) is 0 Å². The van der Waals surface area contributed by atoms with Crippen molar-refractivity contribution < 1.29 is 14.3 Å². The molecule has 1 amide bonds. The summed E-state index contributed by atoms with van der Waals surface area (Å²) in [6, 6.07) is 1.94. The van der Waals surface area contributed by atoms with Gasteiger partial charge in [-0.25, -0.2) is 19.7 Å². The maximum Gasteiger partial charge on any atom is 0.410 e. The van der Waals surface area contributed by atoms with Gasteiger partial charge in [0, 0.05) is 18.5 Å². The number of amides is 1. The molecule has 0 aromatic carbocycles. The second kappa shape index (κ2) is 7.62. The van der Waals surface area contributed by atoms with Gasteiger partial charge in [-0.2, -0.15) is 5.10 Å². The minimum atomic E-state index is -0.535. The van der Waals surface area contributed by atoms with E-state index in [0.29, 0.717) is 42.8 Å². The van der Waals surface area contributed by atoms with Crippen molar-refractivity contribution >= 4 is 12.2 Å². The third kappa shape index (κ3) is 4.39. The lowest BCUT2D eigenvalue weighted by Gasteiger charge is -2.24. The van der Waals surface area contributed by atoms with Crippen LogP contribution in [-0.4, -0.2) is 56.0 Å². The van der Waals surface area contributed by atoms with Crippen molar-refractivity contribution in [2.75, 3.05) is 13.1 Å². The number of aromatic nitrogens is 4. The zero-order valence-electron chi connectivity index (χ0n) is 17.7. The number of likely N-dealkylation sites (tertiary alicyclic amines) is 1. The molecule has 3 heterocycles. The van der Waals surface area contributed by atoms with Gasteiger partial charge in [0.15, 0.2) is 5.82 Å². The molecule has 2 atom stereocenters. The van der Waals surface area contributed by atoms with E-state index in [1.807, 2.05) is 32.9 Å². The number of rotatable bonds is 3. The quantitative estimate of drug-likeness (QED) is 0.800. The average Bonchev–Trinajstić information content (AvgIpc) is 3.29. The predicted octanol–water partition coefficient (Wildman–Crippen LogP) is 2.75. The molecule has 0 saturated carbocycles. The number of pyridine rings is 1. The molecular weight excluding hydrogens is 386 g/mol. The Bertz CT molecular complexity index is 1030. The van der Waals surface area contributed by atoms with Crippen LogP contribution in [0, 0.1) is 5.92 Å². The Kier molecular flexibility index (Phi) is 5.13. The third-order valence-corrected chi connectivity index (χ3v) is 5.06. The van der Waals surface area contributed by atoms with Gasteiger partial charge in [0.1, 0.15) is 17.4 Å². The summed E-state index contributed by atoms with van der Waals surface area (Å²) < 4.78 is 11.7. The molecule has 1 fully saturated rings. The van der Waals surface area contributed by atoms with Crippen LogP contribution in [0.2, 0.25) is 0 Å². The molecule has 2 aromatic rings. The Balaban J connectivity index is 1.57. The average molecular weight is 413 g/mol. The third-order valence-electron chi connectivity index (χ3n) is 5.06. The minimum absolute atomic E-state index is 0.185. The van der Waals surface area contributed by atoms with E-state index in [1.54, 1.807) is 4.90 Å². The summed E-state index contributed by atoms with van der Waals surface area (Å²) >= 11 is 0. The fraction of sp³-hybridized carbons (Fsp3) is 0.524. The van der Waals surface area contributed by atoms with Crippen LogP contribution in [0.25, 0.3) is 17.6 Å². The maximum absolute atomic E-state index is 12.3. The van der Waals surface area contributed by atoms with E-state index in [0.717, 1.165) is 17.5 Å². The standard InChI is InChI=1S/C21H27N5O4/c1-12-5-6-15-13(9-12)10-16(17-23-19(27)25-24-17)22-18(15)29-14-7-8-26(11-14)20(28)30-21(2,3)4/h5-6,10,12,14H,7-9,11H2,1-4H3,(H2,23,24,25,27). The molecule has 0 radical (unpaired) electrons. The van der Waals surface area contributed by atoms with Crippen LogP contribution in [0.5, 0.6) is 5.88 Å². The zero-order valence-corrected chi connectivity index (χ0v) is 17.7. The van der Waals surface area contributed by atoms with E-state index in [1.165, 1.54) is 0 Å². The van der Waals surface area contributed by atoms with Gasteiger partial charge in [-0.15, -0.1) is 0 Å². The number of hydrogen-bond acceptors (Lipinski definition) is 6. The maximum atomic E-state index is 12.3. The van der Waals surface area contributed by atoms with Gasteiger partial charge in [0.2, 0.25) is 5.88 Å². The predicted molar refractivity (Wildman–Crippen MR) is 111 cm³/mol. The fourth-order valence-electron chi connectivity index (χ4n) is 3.68. The number of fused-ring (bicyclic) bond motifs is 1. The first-order valence-corrected chi connectivity index (χ1v) is 10.2. The molecule has 4 rings (SSSR count). The van der Waals surface area contributed by atoms with E-state index in [4.69, 9.17) is 9.47 Å². The highest BCUT2D eigenvalue weighted by Crippen LogP contribution is 2.33. The van der Waals surface area contributed by atoms with Crippen molar-refractivity contribution in [1.29, 1.82) is 0 Å². The largest absolute Gasteiger partial charge is 0.472 e. The SMILES string of the molecule is CC1C=Cc2c(cc(-c3n[nH]c(=O)[nH]3)nc2OC2CCN(C(=O)OC(C)(C)C)C2)C1. The summed E-state index contributed by atoms with van der Waals surface area (Å²) in [6.45, 7) is 8.71. The molecule has 0 spiro atoms. The van der Waals surface area contributed by atoms with Crippen molar-refractivity contribution in [1.82, 2.24) is 25.1 Å². The lowest BCUT2D eigenvalue weighted by atomic mass is 9.91. The summed E-state index contributed by atoms with van der Waals surface area (Å²) in [5.74, 6) is 1.26. The number of nitrogens with zero attached hydrogens (tertiary/aromatic N) is 3. The zero-order chi connectivity index (χ0) is 21.5. The van der Waals surface area contributed by atoms with Gasteiger partial charge < -0.3 is 14.4 Å². The highest BCUT2D eigenvalue weighted by Gasteiger charge is 2.32. The number of hydrogen-bond donors (Lipinski definition) is 2. The van der Waals surface area contributed by atoms with Crippen LogP contribution in [0.15, 0.2) is 16.9 Å². The summed E-state index contributed by atoms with van der Waals surface area (Å²) in [5.41, 5.74) is 1.66. The lowest BCUT2D eigenvalue weighted by Crippen LogP contribution is -2.36. The highest BCUT2D eigenvalue weighted by molar-refractivity contribution is 5.69. The molecule has 9 heteroatoms. The summed E-state index contributed by atoms with van der Waals surface area (Å²) in [7, 11) is 0. The first-order chi connectivity index (χ1) is 14.2. The number of nitrogens with one attached hydrogen (secondary N) is 2. The van der Waals surface area contributed by atoms with Crippen LogP contribution in [-0.2, 0) is 11.2 Å². The van der Waals surface area contributed by atoms with Crippen LogP contribution >= 0.6 is 0 Å². The minimum Gasteiger partial charge on any atom is -0.472 e. The number of carbonyl (C=O) groups is 1. The molecule has 2 aliphatic rings. The normalized spacial score (nSPS) is 20.9. The number of allylic oxidation sites excluding steroid dienone is 1. The Morgan fingerprint density at radius 1 is 1.33 bits per heavy atom. The van der Waals surface area contributed by atoms with E-state index in [2.05, 4.69) is 33.2 Å². The summed E-state index contributed by atoms with van der Waals surface area (Å²) in [4.78, 5) is 32.8. The molecule has 1 saturated heterocycles. The van der Waals surface area contributed by atoms with E-state index in [9.17, 15) is 9.59 Å². The van der Waals surface area contributed by atoms with Crippen molar-refractivity contribution in [3.8, 4) is 17.4 Å². The van der Waals surface area contributed by atoms with Crippen molar-refractivity contribution in [3.05, 3.63) is 33.8 Å². The Labute approximate surface area is 174 Å². The topological polar surface area (TPSA) is 113 Å². The molecule has 1 aliphatic heterocycles. The molecule has 2 N–H and O–H groups in total. The van der Waals surface area contributed by atoms with Crippen LogP contribution in [0.3, 0.4) is 0 Å². The van der Waals surface area contributed by atoms with Gasteiger partial charge in [-0.3, -0.25) is 4.98 Å². The Hall–Kier alpha value is -3.10. The highest BCUT2D eigenvalue weighted by atomic mass is 16.6. The molecule has 2 aromatic heterocycles. The van der Waals surface area contributed by atoms with Crippen LogP contribution < -0.4 is 10.4 Å². The molecule has 160 valence electrons. The van der Waals surface area contributed by atoms with Gasteiger partial charge in [0.05, 0.1) is 6.54 Å². The molecule has 0 bridgehead atoms. The van der Waals surface area contributed by atoms with Gasteiger partial charge in [-0.1, -0.05) is 19.1 Å². The Morgan fingerprint density at radius 3 is 2.83 bits per heavy atom. The van der Waals surface area contributed by atoms with E-state index < -0.39 is 5.60 Å². The van der Waals surface area contributed by atoms with Crippen molar-refractivity contribution in [2.45, 2.75) is 52.2 Å². The lowest BCUT2D eigenvalue weighted by molar-refractivity contribution is 0.0275. The number of aromatic amines is 2. The van der Waals surface area contributed by atoms with Crippen molar-refractivity contribution in [2.24, 2.45) is 5.92 Å². The molecular formula is C21H27N5O4. The molecule has 30 heavy (non-hydrogen) atoms. The molecule has 2 unspecified atom stereocenters. The number of ether oxygens (including phenoxy) is 2. The monoisotopic (exact) mass is 413 g/mol. The van der Waals surface area contributed by atoms with Gasteiger partial charge >= 0.3 is 11.8 Å². The Morgan fingerprint density at radius 2 is 2.13 bits per heavy atom.